The van der Waals surface area contributed by atoms with Gasteiger partial charge in [0.05, 0.1) is 25.5 Å². The number of methoxy groups -OCH3 is 2. The maximum absolute atomic E-state index is 10.4. The van der Waals surface area contributed by atoms with E-state index in [0.29, 0.717) is 40.9 Å². The zero-order valence-electron chi connectivity index (χ0n) is 13.9. The Balaban J connectivity index is 1.79. The van der Waals surface area contributed by atoms with Crippen LogP contribution in [-0.4, -0.2) is 29.3 Å². The van der Waals surface area contributed by atoms with Crippen molar-refractivity contribution in [3.63, 3.8) is 0 Å². The molecule has 1 aliphatic heterocycles. The van der Waals surface area contributed by atoms with Crippen LogP contribution in [-0.2, 0) is 6.42 Å². The lowest BCUT2D eigenvalue weighted by atomic mass is 10.1. The molecule has 0 fully saturated rings. The first-order chi connectivity index (χ1) is 12.5. The van der Waals surface area contributed by atoms with Crippen LogP contribution >= 0.6 is 31.9 Å². The first-order valence-corrected chi connectivity index (χ1v) is 9.28. The van der Waals surface area contributed by atoms with E-state index >= 15 is 0 Å². The summed E-state index contributed by atoms with van der Waals surface area (Å²) in [6.07, 6.45) is 0.610. The number of rotatable bonds is 3. The fraction of sp³-hybridized carbons (Fsp3) is 0.167. The van der Waals surface area contributed by atoms with Crippen LogP contribution in [0.1, 0.15) is 11.3 Å². The molecule has 134 valence electrons. The molecule has 6 nitrogen and oxygen atoms in total. The van der Waals surface area contributed by atoms with E-state index in [1.807, 2.05) is 12.1 Å². The van der Waals surface area contributed by atoms with Gasteiger partial charge in [-0.05, 0) is 24.3 Å². The van der Waals surface area contributed by atoms with Crippen LogP contribution in [0.2, 0.25) is 0 Å². The average Bonchev–Trinajstić information content (AvgIpc) is 3.03. The van der Waals surface area contributed by atoms with Crippen LogP contribution in [0.25, 0.3) is 11.4 Å². The third-order valence-electron chi connectivity index (χ3n) is 4.14. The fourth-order valence-corrected chi connectivity index (χ4v) is 3.87. The molecule has 0 spiro atoms. The number of aromatic amines is 1. The maximum atomic E-state index is 10.4. The zero-order chi connectivity index (χ0) is 18.4. The third-order valence-corrected chi connectivity index (χ3v) is 5.05. The highest BCUT2D eigenvalue weighted by atomic mass is 79.9. The Labute approximate surface area is 166 Å². The van der Waals surface area contributed by atoms with Crippen LogP contribution in [0.5, 0.6) is 28.9 Å². The number of hydrogen-bond acceptors (Lipinski definition) is 5. The number of imidazole rings is 1. The normalized spacial score (nSPS) is 12.2. The minimum Gasteiger partial charge on any atom is -0.504 e. The van der Waals surface area contributed by atoms with Crippen LogP contribution in [0.3, 0.4) is 0 Å². The quantitative estimate of drug-likeness (QED) is 0.429. The number of fused-ring (bicyclic) bond motifs is 2. The van der Waals surface area contributed by atoms with Crippen LogP contribution in [0, 0.1) is 0 Å². The number of halogens is 2. The highest BCUT2D eigenvalue weighted by molar-refractivity contribution is 9.10. The lowest BCUT2D eigenvalue weighted by Gasteiger charge is -2.18. The SMILES string of the molecule is COc1cc(Br)cc(-c2nc3c([nH]2)Cc2cc(Br)cc(OC)c2O3)c1O. The highest BCUT2D eigenvalue weighted by Crippen LogP contribution is 2.45. The number of aromatic hydroxyl groups is 1. The molecule has 0 saturated carbocycles. The average molecular weight is 482 g/mol. The van der Waals surface area contributed by atoms with Crippen molar-refractivity contribution < 1.29 is 19.3 Å². The van der Waals surface area contributed by atoms with Gasteiger partial charge in [0.25, 0.3) is 0 Å². The number of ether oxygens (including phenoxy) is 3. The number of hydrogen-bond donors (Lipinski definition) is 2. The lowest BCUT2D eigenvalue weighted by Crippen LogP contribution is -2.04. The van der Waals surface area contributed by atoms with E-state index in [1.54, 1.807) is 19.2 Å². The molecule has 0 unspecified atom stereocenters. The van der Waals surface area contributed by atoms with Crippen LogP contribution < -0.4 is 14.2 Å². The van der Waals surface area contributed by atoms with Gasteiger partial charge in [-0.2, -0.15) is 4.98 Å². The van der Waals surface area contributed by atoms with Crippen molar-refractivity contribution in [3.8, 4) is 40.3 Å². The highest BCUT2D eigenvalue weighted by Gasteiger charge is 2.26. The summed E-state index contributed by atoms with van der Waals surface area (Å²) < 4.78 is 18.3. The summed E-state index contributed by atoms with van der Waals surface area (Å²) >= 11 is 6.91. The summed E-state index contributed by atoms with van der Waals surface area (Å²) in [7, 11) is 3.10. The largest absolute Gasteiger partial charge is 0.504 e. The van der Waals surface area contributed by atoms with Crippen molar-refractivity contribution in [1.82, 2.24) is 9.97 Å². The predicted molar refractivity (Wildman–Crippen MR) is 104 cm³/mol. The number of nitrogens with zero attached hydrogens (tertiary/aromatic N) is 1. The number of benzene rings is 2. The fourth-order valence-electron chi connectivity index (χ4n) is 2.94. The second-order valence-corrected chi connectivity index (χ2v) is 7.58. The summed E-state index contributed by atoms with van der Waals surface area (Å²) in [5.41, 5.74) is 2.33. The number of phenolic OH excluding ortho intramolecular Hbond substituents is 1. The van der Waals surface area contributed by atoms with Crippen molar-refractivity contribution >= 4 is 31.9 Å². The minimum absolute atomic E-state index is 0.0136. The monoisotopic (exact) mass is 480 g/mol. The van der Waals surface area contributed by atoms with E-state index in [1.165, 1.54) is 7.11 Å². The first kappa shape index (κ1) is 17.2. The van der Waals surface area contributed by atoms with Crippen molar-refractivity contribution in [2.45, 2.75) is 6.42 Å². The minimum atomic E-state index is 0.0136. The third kappa shape index (κ3) is 2.83. The van der Waals surface area contributed by atoms with Gasteiger partial charge in [-0.3, -0.25) is 0 Å². The van der Waals surface area contributed by atoms with E-state index in [0.717, 1.165) is 20.2 Å². The molecule has 26 heavy (non-hydrogen) atoms. The molecular weight excluding hydrogens is 468 g/mol. The summed E-state index contributed by atoms with van der Waals surface area (Å²) in [4.78, 5) is 7.75. The van der Waals surface area contributed by atoms with E-state index in [9.17, 15) is 5.11 Å². The van der Waals surface area contributed by atoms with Gasteiger partial charge in [-0.1, -0.05) is 31.9 Å². The summed E-state index contributed by atoms with van der Waals surface area (Å²) in [5.74, 6) is 2.62. The van der Waals surface area contributed by atoms with E-state index in [2.05, 4.69) is 41.8 Å². The number of nitrogens with one attached hydrogen (secondary N) is 1. The van der Waals surface area contributed by atoms with Gasteiger partial charge in [0.1, 0.15) is 5.82 Å². The topological polar surface area (TPSA) is 76.6 Å². The Morgan fingerprint density at radius 3 is 2.50 bits per heavy atom. The van der Waals surface area contributed by atoms with Gasteiger partial charge >= 0.3 is 0 Å². The molecule has 0 bridgehead atoms. The van der Waals surface area contributed by atoms with Gasteiger partial charge in [-0.25, -0.2) is 0 Å². The van der Waals surface area contributed by atoms with Gasteiger partial charge in [-0.15, -0.1) is 0 Å². The Bertz CT molecular complexity index is 1020. The Hall–Kier alpha value is -2.19. The van der Waals surface area contributed by atoms with Crippen molar-refractivity contribution in [2.24, 2.45) is 0 Å². The molecule has 1 aliphatic rings. The Morgan fingerprint density at radius 1 is 1.08 bits per heavy atom. The molecule has 0 radical (unpaired) electrons. The van der Waals surface area contributed by atoms with Crippen LogP contribution in [0.15, 0.2) is 33.2 Å². The Kier molecular flexibility index (Phi) is 4.32. The summed E-state index contributed by atoms with van der Waals surface area (Å²) in [6, 6.07) is 7.30. The molecular formula is C18H14Br2N2O4. The van der Waals surface area contributed by atoms with E-state index in [4.69, 9.17) is 14.2 Å². The molecule has 3 aromatic rings. The van der Waals surface area contributed by atoms with Crippen molar-refractivity contribution in [2.75, 3.05) is 14.2 Å². The van der Waals surface area contributed by atoms with Gasteiger partial charge < -0.3 is 24.3 Å². The molecule has 1 aromatic heterocycles. The molecule has 8 heteroatoms. The van der Waals surface area contributed by atoms with Crippen molar-refractivity contribution in [1.29, 1.82) is 0 Å². The smallest absolute Gasteiger partial charge is 0.241 e. The summed E-state index contributed by atoms with van der Waals surface area (Å²) in [6.45, 7) is 0. The van der Waals surface area contributed by atoms with Gasteiger partial charge in [0.15, 0.2) is 23.0 Å². The first-order valence-electron chi connectivity index (χ1n) is 7.70. The summed E-state index contributed by atoms with van der Waals surface area (Å²) in [5, 5.41) is 10.4. The molecule has 2 heterocycles. The molecule has 2 aromatic carbocycles. The Morgan fingerprint density at radius 2 is 1.77 bits per heavy atom. The molecule has 0 amide bonds. The standard InChI is InChI=1S/C18H14Br2N2O4/c1-24-13-6-10(20)5-11(15(13)23)17-21-12-4-8-3-9(19)7-14(25-2)16(8)26-18(12)22-17/h3,5-7,23H,4H2,1-2H3,(H,21,22). The lowest BCUT2D eigenvalue weighted by molar-refractivity contribution is 0.366. The second kappa shape index (κ2) is 6.51. The molecule has 2 N–H and O–H groups in total. The molecule has 4 rings (SSSR count). The van der Waals surface area contributed by atoms with Gasteiger partial charge in [0, 0.05) is 20.9 Å². The van der Waals surface area contributed by atoms with E-state index < -0.39 is 0 Å². The van der Waals surface area contributed by atoms with Gasteiger partial charge in [0.2, 0.25) is 5.88 Å². The van der Waals surface area contributed by atoms with Crippen LogP contribution in [0.4, 0.5) is 0 Å². The van der Waals surface area contributed by atoms with Crippen molar-refractivity contribution in [3.05, 3.63) is 44.5 Å². The number of aromatic nitrogens is 2. The predicted octanol–water partition coefficient (Wildman–Crippen LogP) is 5.02. The second-order valence-electron chi connectivity index (χ2n) is 5.75. The molecule has 0 aliphatic carbocycles. The number of H-pyrrole nitrogens is 1. The molecule has 0 saturated heterocycles. The van der Waals surface area contributed by atoms with E-state index in [-0.39, 0.29) is 5.75 Å². The number of phenols is 1. The zero-order valence-corrected chi connectivity index (χ0v) is 17.1. The maximum Gasteiger partial charge on any atom is 0.241 e. The molecule has 0 atom stereocenters.